The van der Waals surface area contributed by atoms with Crippen LogP contribution in [-0.2, 0) is 4.74 Å². The molecule has 0 aromatic heterocycles. The molecule has 0 amide bonds. The van der Waals surface area contributed by atoms with E-state index in [1.807, 2.05) is 0 Å². The van der Waals surface area contributed by atoms with Crippen LogP contribution in [0.1, 0.15) is 33.6 Å². The zero-order valence-electron chi connectivity index (χ0n) is 8.21. The first-order valence-electron chi connectivity index (χ1n) is 5.02. The Labute approximate surface area is 74.8 Å². The maximum Gasteiger partial charge on any atom is 0.105 e. The van der Waals surface area contributed by atoms with E-state index in [4.69, 9.17) is 4.74 Å². The molecule has 0 aromatic carbocycles. The van der Waals surface area contributed by atoms with Crippen LogP contribution in [0.25, 0.3) is 0 Å². The Morgan fingerprint density at radius 3 is 2.67 bits per heavy atom. The van der Waals surface area contributed by atoms with Crippen molar-refractivity contribution in [1.29, 1.82) is 0 Å². The predicted molar refractivity (Wildman–Crippen MR) is 49.7 cm³/mol. The van der Waals surface area contributed by atoms with Gasteiger partial charge in [0.2, 0.25) is 0 Å². The van der Waals surface area contributed by atoms with Crippen molar-refractivity contribution in [3.8, 4) is 0 Å². The molecule has 12 heavy (non-hydrogen) atoms. The molecule has 4 atom stereocenters. The van der Waals surface area contributed by atoms with Crippen LogP contribution in [0.5, 0.6) is 0 Å². The van der Waals surface area contributed by atoms with E-state index in [1.54, 1.807) is 0 Å². The van der Waals surface area contributed by atoms with Crippen LogP contribution < -0.4 is 0 Å². The molecule has 0 radical (unpaired) electrons. The molecule has 68 valence electrons. The Morgan fingerprint density at radius 1 is 1.25 bits per heavy atom. The second kappa shape index (κ2) is 2.79. The van der Waals surface area contributed by atoms with Gasteiger partial charge in [-0.3, -0.25) is 0 Å². The largest absolute Gasteiger partial charge is 0.495 e. The number of hydrogen-bond acceptors (Lipinski definition) is 1. The van der Waals surface area contributed by atoms with Gasteiger partial charge in [0.15, 0.2) is 0 Å². The number of fused-ring (bicyclic) bond motifs is 1. The van der Waals surface area contributed by atoms with Crippen molar-refractivity contribution in [2.24, 2.45) is 17.8 Å². The first-order valence-corrected chi connectivity index (χ1v) is 5.02. The Kier molecular flexibility index (Phi) is 1.90. The highest BCUT2D eigenvalue weighted by Crippen LogP contribution is 2.40. The van der Waals surface area contributed by atoms with Gasteiger partial charge in [-0.2, -0.15) is 0 Å². The third-order valence-corrected chi connectivity index (χ3v) is 3.48. The second-order valence-corrected chi connectivity index (χ2v) is 4.52. The third-order valence-electron chi connectivity index (χ3n) is 3.48. The average Bonchev–Trinajstić information content (AvgIpc) is 2.30. The third kappa shape index (κ3) is 1.26. The summed E-state index contributed by atoms with van der Waals surface area (Å²) in [7, 11) is 0. The van der Waals surface area contributed by atoms with E-state index in [-0.39, 0.29) is 0 Å². The van der Waals surface area contributed by atoms with Gasteiger partial charge in [-0.15, -0.1) is 0 Å². The fraction of sp³-hybridized carbons (Fsp3) is 0.818. The summed E-state index contributed by atoms with van der Waals surface area (Å²) >= 11 is 0. The zero-order valence-corrected chi connectivity index (χ0v) is 8.21. The highest BCUT2D eigenvalue weighted by Gasteiger charge is 2.36. The van der Waals surface area contributed by atoms with E-state index < -0.39 is 0 Å². The minimum absolute atomic E-state index is 0.510. The Hall–Kier alpha value is -0.460. The van der Waals surface area contributed by atoms with Gasteiger partial charge in [0.05, 0.1) is 5.76 Å². The smallest absolute Gasteiger partial charge is 0.105 e. The monoisotopic (exact) mass is 166 g/mol. The van der Waals surface area contributed by atoms with Crippen molar-refractivity contribution in [2.45, 2.75) is 39.7 Å². The standard InChI is InChI=1S/C11H18O/c1-7-4-10-6-9(3)12-11(10)5-8(7)2/h6-8,10-11H,4-5H2,1-3H3. The van der Waals surface area contributed by atoms with Gasteiger partial charge in [-0.1, -0.05) is 13.8 Å². The molecule has 0 aromatic rings. The molecule has 1 saturated carbocycles. The maximum absolute atomic E-state index is 5.75. The summed E-state index contributed by atoms with van der Waals surface area (Å²) in [6.07, 6.45) is 5.40. The number of rotatable bonds is 0. The van der Waals surface area contributed by atoms with Crippen molar-refractivity contribution in [3.05, 3.63) is 11.8 Å². The van der Waals surface area contributed by atoms with Gasteiger partial charge < -0.3 is 4.74 Å². The van der Waals surface area contributed by atoms with Crippen LogP contribution in [0.3, 0.4) is 0 Å². The molecule has 1 heteroatoms. The molecule has 2 rings (SSSR count). The van der Waals surface area contributed by atoms with Gasteiger partial charge in [0.25, 0.3) is 0 Å². The van der Waals surface area contributed by atoms with Gasteiger partial charge in [-0.25, -0.2) is 0 Å². The molecular weight excluding hydrogens is 148 g/mol. The van der Waals surface area contributed by atoms with Crippen LogP contribution in [0.15, 0.2) is 11.8 Å². The Balaban J connectivity index is 2.07. The van der Waals surface area contributed by atoms with Crippen molar-refractivity contribution in [3.63, 3.8) is 0 Å². The number of ether oxygens (including phenoxy) is 1. The summed E-state index contributed by atoms with van der Waals surface area (Å²) in [5, 5.41) is 0. The number of hydrogen-bond donors (Lipinski definition) is 0. The van der Waals surface area contributed by atoms with E-state index in [1.165, 1.54) is 12.8 Å². The first kappa shape index (κ1) is 8.15. The Morgan fingerprint density at radius 2 is 1.92 bits per heavy atom. The highest BCUT2D eigenvalue weighted by atomic mass is 16.5. The van der Waals surface area contributed by atoms with Crippen LogP contribution in [0.4, 0.5) is 0 Å². The van der Waals surface area contributed by atoms with E-state index in [0.717, 1.165) is 23.5 Å². The molecule has 0 bridgehead atoms. The molecule has 0 saturated heterocycles. The molecule has 1 fully saturated rings. The van der Waals surface area contributed by atoms with Crippen molar-refractivity contribution in [1.82, 2.24) is 0 Å². The minimum atomic E-state index is 0.510. The quantitative estimate of drug-likeness (QED) is 0.537. The van der Waals surface area contributed by atoms with Gasteiger partial charge >= 0.3 is 0 Å². The SMILES string of the molecule is CC1=CC2CC(C)C(C)CC2O1. The zero-order chi connectivity index (χ0) is 8.72. The first-order chi connectivity index (χ1) is 5.66. The van der Waals surface area contributed by atoms with E-state index in [2.05, 4.69) is 26.8 Å². The molecule has 0 spiro atoms. The molecule has 1 heterocycles. The molecule has 1 aliphatic heterocycles. The van der Waals surface area contributed by atoms with Gasteiger partial charge in [0.1, 0.15) is 6.10 Å². The van der Waals surface area contributed by atoms with E-state index >= 15 is 0 Å². The molecule has 0 N–H and O–H groups in total. The molecule has 1 aliphatic carbocycles. The van der Waals surface area contributed by atoms with E-state index in [0.29, 0.717) is 6.10 Å². The minimum Gasteiger partial charge on any atom is -0.495 e. The van der Waals surface area contributed by atoms with Crippen LogP contribution >= 0.6 is 0 Å². The summed E-state index contributed by atoms with van der Waals surface area (Å²) in [6, 6.07) is 0. The lowest BCUT2D eigenvalue weighted by Gasteiger charge is -2.33. The molecular formula is C11H18O. The van der Waals surface area contributed by atoms with Crippen molar-refractivity contribution >= 4 is 0 Å². The van der Waals surface area contributed by atoms with E-state index in [9.17, 15) is 0 Å². The van der Waals surface area contributed by atoms with Crippen LogP contribution in [0, 0.1) is 17.8 Å². The second-order valence-electron chi connectivity index (χ2n) is 4.52. The summed E-state index contributed by atoms with van der Waals surface area (Å²) in [4.78, 5) is 0. The summed E-state index contributed by atoms with van der Waals surface area (Å²) in [5.74, 6) is 3.57. The lowest BCUT2D eigenvalue weighted by molar-refractivity contribution is 0.0430. The highest BCUT2D eigenvalue weighted by molar-refractivity contribution is 5.06. The lowest BCUT2D eigenvalue weighted by atomic mass is 9.75. The fourth-order valence-electron chi connectivity index (χ4n) is 2.48. The molecule has 2 aliphatic rings. The fourth-order valence-corrected chi connectivity index (χ4v) is 2.48. The maximum atomic E-state index is 5.75. The Bertz CT molecular complexity index is 207. The van der Waals surface area contributed by atoms with Gasteiger partial charge in [-0.05, 0) is 37.7 Å². The summed E-state index contributed by atoms with van der Waals surface area (Å²) in [5.41, 5.74) is 0. The number of allylic oxidation sites excluding steroid dienone is 1. The predicted octanol–water partition coefficient (Wildman–Crippen LogP) is 2.97. The van der Waals surface area contributed by atoms with Crippen molar-refractivity contribution < 1.29 is 4.74 Å². The normalized spacial score (nSPS) is 46.4. The molecule has 4 unspecified atom stereocenters. The molecule has 1 nitrogen and oxygen atoms in total. The van der Waals surface area contributed by atoms with Crippen LogP contribution in [-0.4, -0.2) is 6.10 Å². The van der Waals surface area contributed by atoms with Crippen LogP contribution in [0.2, 0.25) is 0 Å². The van der Waals surface area contributed by atoms with Crippen molar-refractivity contribution in [2.75, 3.05) is 0 Å². The summed E-state index contributed by atoms with van der Waals surface area (Å²) in [6.45, 7) is 6.79. The van der Waals surface area contributed by atoms with Gasteiger partial charge in [0, 0.05) is 5.92 Å². The summed E-state index contributed by atoms with van der Waals surface area (Å²) < 4.78 is 5.75. The lowest BCUT2D eigenvalue weighted by Crippen LogP contribution is -2.30. The average molecular weight is 166 g/mol. The topological polar surface area (TPSA) is 9.23 Å².